The van der Waals surface area contributed by atoms with Crippen LogP contribution in [0.2, 0.25) is 5.02 Å². The van der Waals surface area contributed by atoms with Gasteiger partial charge in [-0.3, -0.25) is 14.5 Å². The highest BCUT2D eigenvalue weighted by atomic mass is 35.5. The van der Waals surface area contributed by atoms with Gasteiger partial charge in [0.2, 0.25) is 5.91 Å². The average Bonchev–Trinajstić information content (AvgIpc) is 3.13. The zero-order chi connectivity index (χ0) is 24.2. The van der Waals surface area contributed by atoms with Gasteiger partial charge in [0, 0.05) is 16.4 Å². The number of carbonyl (C=O) groups excluding carboxylic acids is 2. The zero-order valence-electron chi connectivity index (χ0n) is 18.7. The topological polar surface area (TPSA) is 73.2 Å². The molecule has 0 bridgehead atoms. The Kier molecular flexibility index (Phi) is 7.06. The molecule has 0 aliphatic carbocycles. The van der Waals surface area contributed by atoms with Crippen molar-refractivity contribution in [1.29, 1.82) is 5.26 Å². The number of amides is 2. The van der Waals surface area contributed by atoms with Gasteiger partial charge in [-0.15, -0.1) is 0 Å². The molecule has 1 atom stereocenters. The molecule has 0 unspecified atom stereocenters. The number of thioether (sulfide) groups is 1. The van der Waals surface area contributed by atoms with Crippen LogP contribution < -0.4 is 10.2 Å². The number of nitriles is 1. The number of nitrogens with one attached hydrogen (secondary N) is 1. The minimum Gasteiger partial charge on any atom is -0.321 e. The van der Waals surface area contributed by atoms with E-state index in [1.54, 1.807) is 24.3 Å². The summed E-state index contributed by atoms with van der Waals surface area (Å²) >= 11 is 7.36. The molecule has 3 aromatic carbocycles. The lowest BCUT2D eigenvalue weighted by atomic mass is 10.1. The fourth-order valence-corrected chi connectivity index (χ4v) is 5.27. The van der Waals surface area contributed by atoms with E-state index < -0.39 is 11.2 Å². The summed E-state index contributed by atoms with van der Waals surface area (Å²) in [4.78, 5) is 28.2. The van der Waals surface area contributed by atoms with Gasteiger partial charge in [-0.25, -0.2) is 0 Å². The summed E-state index contributed by atoms with van der Waals surface area (Å²) in [5.41, 5.74) is 4.00. The molecule has 4 rings (SSSR count). The van der Waals surface area contributed by atoms with Gasteiger partial charge in [0.1, 0.15) is 16.7 Å². The maximum Gasteiger partial charge on any atom is 0.269 e. The smallest absolute Gasteiger partial charge is 0.269 e. The first kappa shape index (κ1) is 23.6. The Hall–Kier alpha value is -3.53. The molecule has 7 heteroatoms. The highest BCUT2D eigenvalue weighted by molar-refractivity contribution is 8.05. The van der Waals surface area contributed by atoms with Gasteiger partial charge in [0.05, 0.1) is 5.25 Å². The molecule has 0 spiro atoms. The van der Waals surface area contributed by atoms with Crippen molar-refractivity contribution in [3.8, 4) is 6.07 Å². The molecule has 2 amide bonds. The minimum atomic E-state index is -0.546. The lowest BCUT2D eigenvalue weighted by Crippen LogP contribution is -2.30. The number of hydrogen-bond donors (Lipinski definition) is 1. The van der Waals surface area contributed by atoms with Crippen LogP contribution in [0.25, 0.3) is 0 Å². The molecule has 1 saturated heterocycles. The number of halogens is 1. The van der Waals surface area contributed by atoms with Crippen molar-refractivity contribution in [2.45, 2.75) is 25.5 Å². The second-order valence-electron chi connectivity index (χ2n) is 7.94. The molecule has 0 aromatic heterocycles. The second-order valence-corrected chi connectivity index (χ2v) is 9.57. The third-order valence-corrected chi connectivity index (χ3v) is 7.18. The highest BCUT2D eigenvalue weighted by Gasteiger charge is 2.40. The summed E-state index contributed by atoms with van der Waals surface area (Å²) in [7, 11) is 0. The fourth-order valence-electron chi connectivity index (χ4n) is 3.75. The van der Waals surface area contributed by atoms with Gasteiger partial charge >= 0.3 is 0 Å². The molecule has 1 aliphatic heterocycles. The van der Waals surface area contributed by atoms with Gasteiger partial charge in [0.15, 0.2) is 0 Å². The van der Waals surface area contributed by atoms with E-state index in [4.69, 9.17) is 11.6 Å². The van der Waals surface area contributed by atoms with Gasteiger partial charge in [0.25, 0.3) is 5.91 Å². The first-order valence-electron chi connectivity index (χ1n) is 10.7. The summed E-state index contributed by atoms with van der Waals surface area (Å²) in [6, 6.07) is 24.1. The van der Waals surface area contributed by atoms with E-state index in [-0.39, 0.29) is 11.5 Å². The molecule has 170 valence electrons. The van der Waals surface area contributed by atoms with Crippen LogP contribution in [0.5, 0.6) is 0 Å². The van der Waals surface area contributed by atoms with Crippen molar-refractivity contribution in [2.75, 3.05) is 10.2 Å². The third kappa shape index (κ3) is 4.86. The van der Waals surface area contributed by atoms with Crippen molar-refractivity contribution in [3.63, 3.8) is 0 Å². The first-order chi connectivity index (χ1) is 16.4. The van der Waals surface area contributed by atoms with Crippen LogP contribution in [0.3, 0.4) is 0 Å². The third-order valence-electron chi connectivity index (χ3n) is 5.68. The Bertz CT molecular complexity index is 1330. The van der Waals surface area contributed by atoms with Crippen LogP contribution in [-0.2, 0) is 16.0 Å². The van der Waals surface area contributed by atoms with Crippen LogP contribution in [0.15, 0.2) is 83.4 Å². The van der Waals surface area contributed by atoms with E-state index in [0.29, 0.717) is 27.8 Å². The lowest BCUT2D eigenvalue weighted by molar-refractivity contribution is -0.117. The average molecular weight is 488 g/mol. The van der Waals surface area contributed by atoms with Crippen LogP contribution in [-0.4, -0.2) is 17.1 Å². The Labute approximate surface area is 208 Å². The number of nitrogens with zero attached hydrogens (tertiary/aromatic N) is 2. The van der Waals surface area contributed by atoms with E-state index in [9.17, 15) is 14.9 Å². The Morgan fingerprint density at radius 3 is 2.53 bits per heavy atom. The molecule has 5 nitrogen and oxygen atoms in total. The predicted molar refractivity (Wildman–Crippen MR) is 138 cm³/mol. The van der Waals surface area contributed by atoms with Crippen molar-refractivity contribution in [2.24, 2.45) is 0 Å². The van der Waals surface area contributed by atoms with E-state index in [2.05, 4.69) is 5.32 Å². The van der Waals surface area contributed by atoms with E-state index in [1.165, 1.54) is 16.7 Å². The quantitative estimate of drug-likeness (QED) is 0.352. The van der Waals surface area contributed by atoms with Crippen LogP contribution in [0.4, 0.5) is 11.4 Å². The fraction of sp³-hybridized carbons (Fsp3) is 0.148. The Morgan fingerprint density at radius 1 is 1.09 bits per heavy atom. The van der Waals surface area contributed by atoms with Crippen molar-refractivity contribution < 1.29 is 9.59 Å². The normalized spacial score (nSPS) is 16.8. The number of carbonyl (C=O) groups is 2. The molecule has 1 heterocycles. The monoisotopic (exact) mass is 487 g/mol. The summed E-state index contributed by atoms with van der Waals surface area (Å²) in [5.74, 6) is -0.728. The Balaban J connectivity index is 1.73. The molecule has 1 fully saturated rings. The summed E-state index contributed by atoms with van der Waals surface area (Å²) in [5, 5.41) is 13.3. The number of benzene rings is 3. The largest absolute Gasteiger partial charge is 0.321 e. The van der Waals surface area contributed by atoms with Gasteiger partial charge in [-0.2, -0.15) is 5.26 Å². The van der Waals surface area contributed by atoms with E-state index in [0.717, 1.165) is 16.7 Å². The number of para-hydroxylation sites is 1. The number of anilines is 2. The minimum absolute atomic E-state index is 0.100. The SMILES string of the molecule is Cc1cccc(NC(=O)/C(C#N)=C2\S[C@H](Cc3cccc(Cl)c3)C(=O)N2c2ccccc2)c1C. The Morgan fingerprint density at radius 2 is 1.82 bits per heavy atom. The van der Waals surface area contributed by atoms with Crippen LogP contribution >= 0.6 is 23.4 Å². The summed E-state index contributed by atoms with van der Waals surface area (Å²) in [6.45, 7) is 3.87. The second kappa shape index (κ2) is 10.2. The molecule has 1 N–H and O–H groups in total. The van der Waals surface area contributed by atoms with E-state index in [1.807, 2.05) is 68.4 Å². The van der Waals surface area contributed by atoms with Crippen LogP contribution in [0.1, 0.15) is 16.7 Å². The standard InChI is InChI=1S/C27H22ClN3O2S/c1-17-8-6-13-23(18(17)2)30-25(32)22(16-29)27-31(21-11-4-3-5-12-21)26(33)24(34-27)15-19-9-7-10-20(28)14-19/h3-14,24H,15H2,1-2H3,(H,30,32)/b27-22-/t24-/m1/s1. The van der Waals surface area contributed by atoms with Gasteiger partial charge < -0.3 is 5.32 Å². The molecule has 34 heavy (non-hydrogen) atoms. The number of rotatable bonds is 5. The van der Waals surface area contributed by atoms with Gasteiger partial charge in [-0.05, 0) is 67.3 Å². The molecule has 1 aliphatic rings. The molecule has 0 radical (unpaired) electrons. The predicted octanol–water partition coefficient (Wildman–Crippen LogP) is 6.02. The zero-order valence-corrected chi connectivity index (χ0v) is 20.3. The highest BCUT2D eigenvalue weighted by Crippen LogP contribution is 2.42. The van der Waals surface area contributed by atoms with E-state index >= 15 is 0 Å². The van der Waals surface area contributed by atoms with Crippen molar-refractivity contribution in [3.05, 3.63) is 105 Å². The maximum atomic E-state index is 13.5. The van der Waals surface area contributed by atoms with Crippen molar-refractivity contribution >= 4 is 46.6 Å². The van der Waals surface area contributed by atoms with Gasteiger partial charge in [-0.1, -0.05) is 65.8 Å². The summed E-state index contributed by atoms with van der Waals surface area (Å²) in [6.07, 6.45) is 0.425. The maximum absolute atomic E-state index is 13.5. The van der Waals surface area contributed by atoms with Crippen LogP contribution in [0, 0.1) is 25.2 Å². The number of hydrogen-bond acceptors (Lipinski definition) is 4. The lowest BCUT2D eigenvalue weighted by Gasteiger charge is -2.19. The molecule has 3 aromatic rings. The summed E-state index contributed by atoms with van der Waals surface area (Å²) < 4.78 is 0. The molecular weight excluding hydrogens is 466 g/mol. The number of aryl methyl sites for hydroxylation is 1. The molecular formula is C27H22ClN3O2S. The molecule has 0 saturated carbocycles. The van der Waals surface area contributed by atoms with Crippen molar-refractivity contribution in [1.82, 2.24) is 0 Å². The first-order valence-corrected chi connectivity index (χ1v) is 12.0.